The third-order valence-corrected chi connectivity index (χ3v) is 4.30. The minimum atomic E-state index is -0.532. The maximum absolute atomic E-state index is 10.2. The van der Waals surface area contributed by atoms with Gasteiger partial charge in [-0.3, -0.25) is 0 Å². The predicted octanol–water partition coefficient (Wildman–Crippen LogP) is 3.70. The molecule has 2 atom stereocenters. The smallest absolute Gasteiger partial charge is 0.169 e. The topological polar surface area (TPSA) is 69.9 Å². The number of rotatable bonds is 0. The van der Waals surface area contributed by atoms with Gasteiger partial charge in [-0.05, 0) is 67.5 Å². The van der Waals surface area contributed by atoms with Crippen molar-refractivity contribution in [2.24, 2.45) is 0 Å². The van der Waals surface area contributed by atoms with E-state index < -0.39 is 6.10 Å². The third-order valence-electron chi connectivity index (χ3n) is 4.30. The molecule has 0 amide bonds. The first-order valence-corrected chi connectivity index (χ1v) is 8.07. The second kappa shape index (κ2) is 7.02. The van der Waals surface area contributed by atoms with Gasteiger partial charge in [0.15, 0.2) is 11.5 Å². The van der Waals surface area contributed by atoms with E-state index in [9.17, 15) is 15.3 Å². The zero-order valence-corrected chi connectivity index (χ0v) is 13.0. The van der Waals surface area contributed by atoms with Crippen molar-refractivity contribution in [3.05, 3.63) is 53.6 Å². The summed E-state index contributed by atoms with van der Waals surface area (Å²) in [6, 6.07) is 12.5. The molecular formula is C19H22O4. The van der Waals surface area contributed by atoms with Crippen LogP contribution in [0.3, 0.4) is 0 Å². The van der Waals surface area contributed by atoms with Crippen LogP contribution in [0.5, 0.6) is 17.2 Å². The van der Waals surface area contributed by atoms with Crippen LogP contribution in [0.2, 0.25) is 0 Å². The summed E-state index contributed by atoms with van der Waals surface area (Å²) in [6.07, 6.45) is 2.55. The second-order valence-corrected chi connectivity index (χ2v) is 6.11. The van der Waals surface area contributed by atoms with Gasteiger partial charge in [-0.25, -0.2) is 0 Å². The quantitative estimate of drug-likeness (QED) is 0.693. The van der Waals surface area contributed by atoms with Crippen LogP contribution >= 0.6 is 0 Å². The molecule has 0 unspecified atom stereocenters. The van der Waals surface area contributed by atoms with Crippen molar-refractivity contribution in [2.45, 2.75) is 44.3 Å². The molecule has 2 aliphatic rings. The number of phenols is 1. The predicted molar refractivity (Wildman–Crippen MR) is 87.8 cm³/mol. The number of aliphatic hydroxyl groups excluding tert-OH is 2. The summed E-state index contributed by atoms with van der Waals surface area (Å²) < 4.78 is 5.75. The number of phenolic OH excluding ortho intramolecular Hbond substituents is 1. The molecule has 0 fully saturated rings. The van der Waals surface area contributed by atoms with E-state index in [1.807, 2.05) is 24.3 Å². The number of benzene rings is 2. The van der Waals surface area contributed by atoms with Crippen molar-refractivity contribution >= 4 is 0 Å². The fraction of sp³-hybridized carbons (Fsp3) is 0.368. The van der Waals surface area contributed by atoms with Crippen molar-refractivity contribution in [2.75, 3.05) is 0 Å². The fourth-order valence-corrected chi connectivity index (χ4v) is 2.87. The van der Waals surface area contributed by atoms with Crippen LogP contribution in [0.15, 0.2) is 42.5 Å². The van der Waals surface area contributed by atoms with Crippen molar-refractivity contribution in [1.29, 1.82) is 0 Å². The van der Waals surface area contributed by atoms with Gasteiger partial charge in [-0.1, -0.05) is 18.2 Å². The molecule has 2 aliphatic heterocycles. The molecule has 23 heavy (non-hydrogen) atoms. The first kappa shape index (κ1) is 15.8. The Bertz CT molecular complexity index is 651. The van der Waals surface area contributed by atoms with Crippen LogP contribution < -0.4 is 4.74 Å². The lowest BCUT2D eigenvalue weighted by Crippen LogP contribution is -2.09. The summed E-state index contributed by atoms with van der Waals surface area (Å²) in [5.41, 5.74) is 1.85. The molecule has 4 bridgehead atoms. The van der Waals surface area contributed by atoms with Gasteiger partial charge in [0.2, 0.25) is 0 Å². The van der Waals surface area contributed by atoms with Gasteiger partial charge in [-0.2, -0.15) is 0 Å². The van der Waals surface area contributed by atoms with E-state index in [2.05, 4.69) is 0 Å². The molecule has 2 aromatic carbocycles. The van der Waals surface area contributed by atoms with Crippen LogP contribution in [0.1, 0.15) is 42.9 Å². The summed E-state index contributed by atoms with van der Waals surface area (Å²) in [6.45, 7) is 0. The zero-order chi connectivity index (χ0) is 16.2. The lowest BCUT2D eigenvalue weighted by Gasteiger charge is -2.13. The molecule has 2 aromatic rings. The average molecular weight is 314 g/mol. The monoisotopic (exact) mass is 314 g/mol. The molecule has 0 aliphatic carbocycles. The summed E-state index contributed by atoms with van der Waals surface area (Å²) in [5, 5.41) is 30.2. The summed E-state index contributed by atoms with van der Waals surface area (Å²) in [5.74, 6) is 1.10. The van der Waals surface area contributed by atoms with E-state index in [4.69, 9.17) is 4.74 Å². The molecule has 0 spiro atoms. The Labute approximate surface area is 136 Å². The van der Waals surface area contributed by atoms with E-state index in [0.717, 1.165) is 24.0 Å². The minimum Gasteiger partial charge on any atom is -0.504 e. The van der Waals surface area contributed by atoms with Crippen molar-refractivity contribution in [3.63, 3.8) is 0 Å². The molecule has 3 N–H and O–H groups in total. The molecule has 0 radical (unpaired) electrons. The van der Waals surface area contributed by atoms with Crippen molar-refractivity contribution in [1.82, 2.24) is 0 Å². The Kier molecular flexibility index (Phi) is 4.84. The van der Waals surface area contributed by atoms with Crippen LogP contribution in [0, 0.1) is 0 Å². The standard InChI is InChI=1S/C19H22O4/c20-15-2-1-3-17(21)14-6-9-16(10-7-14)23-19-12-13(4-8-15)5-11-18(19)22/h5-7,9-12,15,17,20-22H,1-4,8H2/t15-,17+/m1/s1. The SMILES string of the molecule is Oc1ccc2cc1Oc1ccc(cc1)[C@@H](O)CCC[C@@H](O)CC2. The minimum absolute atomic E-state index is 0.0859. The molecule has 2 heterocycles. The Morgan fingerprint density at radius 3 is 2.48 bits per heavy atom. The van der Waals surface area contributed by atoms with Crippen LogP contribution in [0.25, 0.3) is 0 Å². The van der Waals surface area contributed by atoms with Gasteiger partial charge in [0.05, 0.1) is 12.2 Å². The lowest BCUT2D eigenvalue weighted by atomic mass is 9.99. The molecular weight excluding hydrogens is 292 g/mol. The lowest BCUT2D eigenvalue weighted by molar-refractivity contribution is 0.129. The Balaban J connectivity index is 1.90. The van der Waals surface area contributed by atoms with Gasteiger partial charge in [0.1, 0.15) is 5.75 Å². The molecule has 4 rings (SSSR count). The van der Waals surface area contributed by atoms with Crippen LogP contribution in [0.4, 0.5) is 0 Å². The first-order chi connectivity index (χ1) is 11.1. The first-order valence-electron chi connectivity index (χ1n) is 8.07. The third kappa shape index (κ3) is 4.03. The molecule has 4 nitrogen and oxygen atoms in total. The van der Waals surface area contributed by atoms with E-state index in [0.29, 0.717) is 30.8 Å². The number of ether oxygens (including phenoxy) is 1. The van der Waals surface area contributed by atoms with Gasteiger partial charge in [-0.15, -0.1) is 0 Å². The number of aryl methyl sites for hydroxylation is 1. The largest absolute Gasteiger partial charge is 0.504 e. The molecule has 4 heteroatoms. The maximum atomic E-state index is 10.2. The summed E-state index contributed by atoms with van der Waals surface area (Å²) in [4.78, 5) is 0. The fourth-order valence-electron chi connectivity index (χ4n) is 2.87. The Hall–Kier alpha value is -2.04. The highest BCUT2D eigenvalue weighted by Gasteiger charge is 2.13. The van der Waals surface area contributed by atoms with Crippen LogP contribution in [-0.4, -0.2) is 21.4 Å². The van der Waals surface area contributed by atoms with E-state index >= 15 is 0 Å². The Morgan fingerprint density at radius 2 is 1.70 bits per heavy atom. The zero-order valence-electron chi connectivity index (χ0n) is 13.0. The molecule has 0 saturated heterocycles. The normalized spacial score (nSPS) is 22.0. The van der Waals surface area contributed by atoms with Gasteiger partial charge in [0.25, 0.3) is 0 Å². The Morgan fingerprint density at radius 1 is 0.913 bits per heavy atom. The second-order valence-electron chi connectivity index (χ2n) is 6.11. The van der Waals surface area contributed by atoms with Gasteiger partial charge in [0, 0.05) is 0 Å². The molecule has 0 saturated carbocycles. The number of aliphatic hydroxyl groups is 2. The van der Waals surface area contributed by atoms with E-state index in [-0.39, 0.29) is 11.9 Å². The van der Waals surface area contributed by atoms with Gasteiger partial charge >= 0.3 is 0 Å². The van der Waals surface area contributed by atoms with Crippen LogP contribution in [-0.2, 0) is 6.42 Å². The highest BCUT2D eigenvalue weighted by atomic mass is 16.5. The van der Waals surface area contributed by atoms with Crippen molar-refractivity contribution in [3.8, 4) is 17.2 Å². The van der Waals surface area contributed by atoms with Crippen molar-refractivity contribution < 1.29 is 20.1 Å². The summed E-state index contributed by atoms with van der Waals surface area (Å²) in [7, 11) is 0. The maximum Gasteiger partial charge on any atom is 0.169 e. The molecule has 122 valence electrons. The number of aromatic hydroxyl groups is 1. The molecule has 0 aromatic heterocycles. The number of fused-ring (bicyclic) bond motifs is 8. The number of hydrogen-bond donors (Lipinski definition) is 3. The van der Waals surface area contributed by atoms with Gasteiger partial charge < -0.3 is 20.1 Å². The highest BCUT2D eigenvalue weighted by molar-refractivity contribution is 5.45. The summed E-state index contributed by atoms with van der Waals surface area (Å²) >= 11 is 0. The number of hydrogen-bond acceptors (Lipinski definition) is 4. The van der Waals surface area contributed by atoms with E-state index in [1.165, 1.54) is 0 Å². The highest BCUT2D eigenvalue weighted by Crippen LogP contribution is 2.33. The van der Waals surface area contributed by atoms with E-state index in [1.54, 1.807) is 18.2 Å². The average Bonchev–Trinajstić information content (AvgIpc) is 2.56.